The van der Waals surface area contributed by atoms with Gasteiger partial charge in [-0.15, -0.1) is 0 Å². The quantitative estimate of drug-likeness (QED) is 0.769. The molecule has 0 saturated heterocycles. The van der Waals surface area contributed by atoms with Gasteiger partial charge in [0, 0.05) is 19.3 Å². The number of nitrogens with zero attached hydrogens (tertiary/aromatic N) is 3. The Hall–Kier alpha value is -0.390. The van der Waals surface area contributed by atoms with Crippen LogP contribution in [0.5, 0.6) is 0 Å². The van der Waals surface area contributed by atoms with E-state index >= 15 is 0 Å². The molecule has 0 atom stereocenters. The molecule has 0 aromatic carbocycles. The molecule has 1 fully saturated rings. The fraction of sp³-hybridized carbons (Fsp3) is 0.500. The lowest BCUT2D eigenvalue weighted by atomic mass is 10.5. The zero-order valence-electron chi connectivity index (χ0n) is 6.87. The van der Waals surface area contributed by atoms with Crippen LogP contribution >= 0.6 is 22.6 Å². The SMILES string of the molecule is CN(c1ncncc1I)C1CC1. The molecule has 0 radical (unpaired) electrons. The van der Waals surface area contributed by atoms with E-state index in [0.29, 0.717) is 6.04 Å². The summed E-state index contributed by atoms with van der Waals surface area (Å²) in [5.74, 6) is 1.06. The van der Waals surface area contributed by atoms with E-state index in [2.05, 4.69) is 44.5 Å². The Labute approximate surface area is 85.3 Å². The van der Waals surface area contributed by atoms with E-state index in [4.69, 9.17) is 0 Å². The van der Waals surface area contributed by atoms with Crippen LogP contribution in [0.1, 0.15) is 12.8 Å². The van der Waals surface area contributed by atoms with Gasteiger partial charge in [0.15, 0.2) is 0 Å². The second kappa shape index (κ2) is 3.16. The van der Waals surface area contributed by atoms with Crippen LogP contribution in [0.3, 0.4) is 0 Å². The van der Waals surface area contributed by atoms with Crippen LogP contribution in [-0.4, -0.2) is 23.1 Å². The molecule has 1 aromatic heterocycles. The lowest BCUT2D eigenvalue weighted by Crippen LogP contribution is -2.21. The number of hydrogen-bond donors (Lipinski definition) is 0. The molecule has 1 heterocycles. The van der Waals surface area contributed by atoms with Crippen LogP contribution < -0.4 is 4.90 Å². The Morgan fingerprint density at radius 1 is 1.58 bits per heavy atom. The van der Waals surface area contributed by atoms with Crippen molar-refractivity contribution in [3.63, 3.8) is 0 Å². The average Bonchev–Trinajstić information content (AvgIpc) is 2.86. The Bertz CT molecular complexity index is 285. The predicted molar refractivity (Wildman–Crippen MR) is 56.2 cm³/mol. The second-order valence-electron chi connectivity index (χ2n) is 3.04. The molecule has 3 nitrogen and oxygen atoms in total. The number of aromatic nitrogens is 2. The Morgan fingerprint density at radius 3 is 2.92 bits per heavy atom. The first-order valence-electron chi connectivity index (χ1n) is 3.97. The van der Waals surface area contributed by atoms with E-state index in [1.54, 1.807) is 6.33 Å². The molecular formula is C8H10IN3. The second-order valence-corrected chi connectivity index (χ2v) is 4.20. The molecule has 1 aliphatic carbocycles. The normalized spacial score (nSPS) is 16.2. The molecule has 4 heteroatoms. The third-order valence-corrected chi connectivity index (χ3v) is 2.84. The Balaban J connectivity index is 2.25. The summed E-state index contributed by atoms with van der Waals surface area (Å²) in [4.78, 5) is 10.4. The van der Waals surface area contributed by atoms with Gasteiger partial charge in [0.25, 0.3) is 0 Å². The molecule has 0 spiro atoms. The smallest absolute Gasteiger partial charge is 0.145 e. The van der Waals surface area contributed by atoms with Gasteiger partial charge < -0.3 is 4.90 Å². The Kier molecular flexibility index (Phi) is 2.16. The van der Waals surface area contributed by atoms with Crippen molar-refractivity contribution in [2.45, 2.75) is 18.9 Å². The summed E-state index contributed by atoms with van der Waals surface area (Å²) in [6, 6.07) is 0.716. The van der Waals surface area contributed by atoms with Gasteiger partial charge in [-0.3, -0.25) is 0 Å². The molecule has 1 saturated carbocycles. The lowest BCUT2D eigenvalue weighted by molar-refractivity contribution is 0.880. The zero-order chi connectivity index (χ0) is 8.55. The summed E-state index contributed by atoms with van der Waals surface area (Å²) in [7, 11) is 2.10. The topological polar surface area (TPSA) is 29.0 Å². The van der Waals surface area contributed by atoms with Crippen LogP contribution in [0.2, 0.25) is 0 Å². The maximum atomic E-state index is 4.25. The summed E-state index contributed by atoms with van der Waals surface area (Å²) in [6.07, 6.45) is 6.06. The average molecular weight is 275 g/mol. The van der Waals surface area contributed by atoms with Crippen LogP contribution in [0.4, 0.5) is 5.82 Å². The van der Waals surface area contributed by atoms with Crippen LogP contribution in [0.25, 0.3) is 0 Å². The van der Waals surface area contributed by atoms with Gasteiger partial charge in [-0.05, 0) is 35.4 Å². The standard InChI is InChI=1S/C8H10IN3/c1-12(6-2-3-6)8-7(9)4-10-5-11-8/h4-6H,2-3H2,1H3. The fourth-order valence-electron chi connectivity index (χ4n) is 1.20. The third kappa shape index (κ3) is 1.53. The molecule has 0 unspecified atom stereocenters. The molecule has 1 aliphatic rings. The van der Waals surface area contributed by atoms with Crippen molar-refractivity contribution < 1.29 is 0 Å². The van der Waals surface area contributed by atoms with Crippen molar-refractivity contribution in [3.05, 3.63) is 16.1 Å². The van der Waals surface area contributed by atoms with Crippen LogP contribution in [0, 0.1) is 3.57 Å². The van der Waals surface area contributed by atoms with Gasteiger partial charge >= 0.3 is 0 Å². The van der Waals surface area contributed by atoms with Gasteiger partial charge in [-0.25, -0.2) is 9.97 Å². The highest BCUT2D eigenvalue weighted by atomic mass is 127. The van der Waals surface area contributed by atoms with E-state index in [0.717, 1.165) is 9.39 Å². The first-order chi connectivity index (χ1) is 5.79. The van der Waals surface area contributed by atoms with Crippen molar-refractivity contribution in [3.8, 4) is 0 Å². The van der Waals surface area contributed by atoms with E-state index < -0.39 is 0 Å². The van der Waals surface area contributed by atoms with E-state index in [1.807, 2.05) is 6.20 Å². The van der Waals surface area contributed by atoms with Gasteiger partial charge in [0.2, 0.25) is 0 Å². The molecule has 2 rings (SSSR count). The largest absolute Gasteiger partial charge is 0.356 e. The minimum absolute atomic E-state index is 0.716. The molecular weight excluding hydrogens is 265 g/mol. The predicted octanol–water partition coefficient (Wildman–Crippen LogP) is 1.68. The van der Waals surface area contributed by atoms with Gasteiger partial charge in [0.1, 0.15) is 12.1 Å². The van der Waals surface area contributed by atoms with E-state index in [9.17, 15) is 0 Å². The minimum atomic E-state index is 0.716. The van der Waals surface area contributed by atoms with Crippen molar-refractivity contribution >= 4 is 28.4 Å². The number of hydrogen-bond acceptors (Lipinski definition) is 3. The fourth-order valence-corrected chi connectivity index (χ4v) is 1.88. The number of halogens is 1. The van der Waals surface area contributed by atoms with Crippen molar-refractivity contribution in [1.29, 1.82) is 0 Å². The lowest BCUT2D eigenvalue weighted by Gasteiger charge is -2.17. The monoisotopic (exact) mass is 275 g/mol. The number of anilines is 1. The van der Waals surface area contributed by atoms with E-state index in [-0.39, 0.29) is 0 Å². The van der Waals surface area contributed by atoms with Crippen LogP contribution in [-0.2, 0) is 0 Å². The first-order valence-corrected chi connectivity index (χ1v) is 5.05. The van der Waals surface area contributed by atoms with E-state index in [1.165, 1.54) is 12.8 Å². The highest BCUT2D eigenvalue weighted by molar-refractivity contribution is 14.1. The molecule has 12 heavy (non-hydrogen) atoms. The highest BCUT2D eigenvalue weighted by Crippen LogP contribution is 2.30. The maximum absolute atomic E-state index is 4.25. The molecule has 1 aromatic rings. The van der Waals surface area contributed by atoms with Crippen molar-refractivity contribution in [1.82, 2.24) is 9.97 Å². The summed E-state index contributed by atoms with van der Waals surface area (Å²) in [5.41, 5.74) is 0. The molecule has 64 valence electrons. The highest BCUT2D eigenvalue weighted by Gasteiger charge is 2.27. The van der Waals surface area contributed by atoms with Gasteiger partial charge in [-0.1, -0.05) is 0 Å². The summed E-state index contributed by atoms with van der Waals surface area (Å²) < 4.78 is 1.13. The van der Waals surface area contributed by atoms with Crippen molar-refractivity contribution in [2.24, 2.45) is 0 Å². The van der Waals surface area contributed by atoms with Gasteiger partial charge in [0.05, 0.1) is 3.57 Å². The summed E-state index contributed by atoms with van der Waals surface area (Å²) >= 11 is 2.27. The molecule has 0 bridgehead atoms. The molecule has 0 aliphatic heterocycles. The van der Waals surface area contributed by atoms with Gasteiger partial charge in [-0.2, -0.15) is 0 Å². The third-order valence-electron chi connectivity index (χ3n) is 2.08. The zero-order valence-corrected chi connectivity index (χ0v) is 9.02. The summed E-state index contributed by atoms with van der Waals surface area (Å²) in [5, 5.41) is 0. The first kappa shape index (κ1) is 8.22. The minimum Gasteiger partial charge on any atom is -0.356 e. The Morgan fingerprint density at radius 2 is 2.33 bits per heavy atom. The molecule has 0 amide bonds. The number of rotatable bonds is 2. The summed E-state index contributed by atoms with van der Waals surface area (Å²) in [6.45, 7) is 0. The molecule has 0 N–H and O–H groups in total. The van der Waals surface area contributed by atoms with Crippen molar-refractivity contribution in [2.75, 3.05) is 11.9 Å². The van der Waals surface area contributed by atoms with Crippen LogP contribution in [0.15, 0.2) is 12.5 Å². The maximum Gasteiger partial charge on any atom is 0.145 e.